The Bertz CT molecular complexity index is 1140. The number of carbonyl (C=O) groups excluding carboxylic acids is 1. The first kappa shape index (κ1) is 21.3. The number of primary sulfonamides is 1. The van der Waals surface area contributed by atoms with Crippen LogP contribution in [0.4, 0.5) is 0 Å². The monoisotopic (exact) mass is 446 g/mol. The molecular weight excluding hydrogens is 428 g/mol. The molecule has 150 valence electrons. The number of nitrogens with one attached hydrogen (secondary N) is 1. The van der Waals surface area contributed by atoms with Gasteiger partial charge < -0.3 is 5.32 Å². The average molecular weight is 447 g/mol. The molecule has 3 aromatic rings. The summed E-state index contributed by atoms with van der Waals surface area (Å²) >= 11 is 7.61. The van der Waals surface area contributed by atoms with Gasteiger partial charge in [-0.05, 0) is 60.0 Å². The minimum atomic E-state index is -3.69. The Labute approximate surface area is 178 Å². The second-order valence-corrected chi connectivity index (χ2v) is 9.39. The highest BCUT2D eigenvalue weighted by molar-refractivity contribution is 7.89. The van der Waals surface area contributed by atoms with Gasteiger partial charge in [-0.25, -0.2) is 13.6 Å². The van der Waals surface area contributed by atoms with E-state index in [1.54, 1.807) is 29.5 Å². The third-order valence-electron chi connectivity index (χ3n) is 4.10. The highest BCUT2D eigenvalue weighted by Gasteiger charge is 2.07. The predicted octanol–water partition coefficient (Wildman–Crippen LogP) is 4.09. The molecule has 29 heavy (non-hydrogen) atoms. The first-order valence-electron chi connectivity index (χ1n) is 8.75. The quantitative estimate of drug-likeness (QED) is 0.535. The van der Waals surface area contributed by atoms with Gasteiger partial charge in [0.2, 0.25) is 15.9 Å². The molecule has 0 saturated heterocycles. The molecule has 5 nitrogen and oxygen atoms in total. The van der Waals surface area contributed by atoms with Crippen molar-refractivity contribution in [3.63, 3.8) is 0 Å². The molecule has 3 N–H and O–H groups in total. The van der Waals surface area contributed by atoms with E-state index in [1.165, 1.54) is 18.2 Å². The summed E-state index contributed by atoms with van der Waals surface area (Å²) in [7, 11) is -3.69. The standard InChI is InChI=1S/C21H19ClN2O3S2/c22-17-3-1-2-16(14-17)20-10-6-18(28-20)7-11-21(25)24-13-12-15-4-8-19(9-5-15)29(23,26)27/h1-11,14H,12-13H2,(H,24,25)(H2,23,26,27)/b11-7+. The summed E-state index contributed by atoms with van der Waals surface area (Å²) in [5.41, 5.74) is 1.95. The number of rotatable bonds is 7. The van der Waals surface area contributed by atoms with Gasteiger partial charge in [0.05, 0.1) is 4.90 Å². The van der Waals surface area contributed by atoms with Gasteiger partial charge in [0.1, 0.15) is 0 Å². The lowest BCUT2D eigenvalue weighted by Gasteiger charge is -2.04. The average Bonchev–Trinajstić information content (AvgIpc) is 3.15. The fourth-order valence-corrected chi connectivity index (χ4v) is 4.24. The van der Waals surface area contributed by atoms with Crippen molar-refractivity contribution in [2.45, 2.75) is 11.3 Å². The Balaban J connectivity index is 1.50. The normalized spacial score (nSPS) is 11.7. The highest BCUT2D eigenvalue weighted by Crippen LogP contribution is 2.30. The second kappa shape index (κ2) is 9.37. The second-order valence-electron chi connectivity index (χ2n) is 6.28. The van der Waals surface area contributed by atoms with E-state index in [2.05, 4.69) is 5.32 Å². The number of carbonyl (C=O) groups is 1. The number of benzene rings is 2. The molecule has 0 radical (unpaired) electrons. The first-order valence-corrected chi connectivity index (χ1v) is 11.5. The fraction of sp³-hybridized carbons (Fsp3) is 0.0952. The summed E-state index contributed by atoms with van der Waals surface area (Å²) in [6, 6.07) is 17.9. The molecule has 0 unspecified atom stereocenters. The molecule has 0 aliphatic rings. The molecule has 0 aliphatic heterocycles. The Morgan fingerprint density at radius 3 is 2.55 bits per heavy atom. The van der Waals surface area contributed by atoms with Crippen molar-refractivity contribution >= 4 is 44.9 Å². The van der Waals surface area contributed by atoms with Crippen molar-refractivity contribution in [1.82, 2.24) is 5.32 Å². The van der Waals surface area contributed by atoms with E-state index in [1.807, 2.05) is 36.4 Å². The minimum Gasteiger partial charge on any atom is -0.352 e. The fourth-order valence-electron chi connectivity index (χ4n) is 2.63. The first-order chi connectivity index (χ1) is 13.8. The Kier molecular flexibility index (Phi) is 6.87. The van der Waals surface area contributed by atoms with Gasteiger partial charge >= 0.3 is 0 Å². The number of amides is 1. The molecule has 0 bridgehead atoms. The summed E-state index contributed by atoms with van der Waals surface area (Å²) in [6.07, 6.45) is 3.86. The SMILES string of the molecule is NS(=O)(=O)c1ccc(CCNC(=O)/C=C/c2ccc(-c3cccc(Cl)c3)s2)cc1. The van der Waals surface area contributed by atoms with Crippen molar-refractivity contribution in [3.05, 3.63) is 82.2 Å². The maximum Gasteiger partial charge on any atom is 0.244 e. The molecule has 1 heterocycles. The van der Waals surface area contributed by atoms with Gasteiger partial charge in [-0.3, -0.25) is 4.79 Å². The molecular formula is C21H19ClN2O3S2. The van der Waals surface area contributed by atoms with E-state index >= 15 is 0 Å². The predicted molar refractivity (Wildman–Crippen MR) is 118 cm³/mol. The van der Waals surface area contributed by atoms with Crippen LogP contribution >= 0.6 is 22.9 Å². The van der Waals surface area contributed by atoms with E-state index in [4.69, 9.17) is 16.7 Å². The Morgan fingerprint density at radius 1 is 1.10 bits per heavy atom. The van der Waals surface area contributed by atoms with Crippen LogP contribution in [0.15, 0.2) is 71.6 Å². The lowest BCUT2D eigenvalue weighted by Crippen LogP contribution is -2.23. The lowest BCUT2D eigenvalue weighted by molar-refractivity contribution is -0.116. The van der Waals surface area contributed by atoms with Crippen LogP contribution in [0.25, 0.3) is 16.5 Å². The van der Waals surface area contributed by atoms with Crippen LogP contribution in [0.3, 0.4) is 0 Å². The molecule has 0 spiro atoms. The number of thiophene rings is 1. The van der Waals surface area contributed by atoms with Crippen molar-refractivity contribution in [1.29, 1.82) is 0 Å². The summed E-state index contributed by atoms with van der Waals surface area (Å²) in [5.74, 6) is -0.191. The van der Waals surface area contributed by atoms with Gasteiger partial charge in [0.15, 0.2) is 0 Å². The molecule has 0 aliphatic carbocycles. The van der Waals surface area contributed by atoms with Crippen LogP contribution in [0.1, 0.15) is 10.4 Å². The zero-order chi connectivity index (χ0) is 20.9. The van der Waals surface area contributed by atoms with E-state index in [0.29, 0.717) is 18.0 Å². The zero-order valence-electron chi connectivity index (χ0n) is 15.3. The number of halogens is 1. The van der Waals surface area contributed by atoms with E-state index in [9.17, 15) is 13.2 Å². The molecule has 1 aromatic heterocycles. The molecule has 1 amide bonds. The molecule has 0 saturated carbocycles. The van der Waals surface area contributed by atoms with Crippen LogP contribution in [0.5, 0.6) is 0 Å². The maximum absolute atomic E-state index is 12.0. The van der Waals surface area contributed by atoms with Gasteiger partial charge in [-0.15, -0.1) is 11.3 Å². The van der Waals surface area contributed by atoms with Crippen molar-refractivity contribution in [3.8, 4) is 10.4 Å². The molecule has 0 fully saturated rings. The van der Waals surface area contributed by atoms with Gasteiger partial charge in [0.25, 0.3) is 0 Å². The Hall–Kier alpha value is -2.45. The lowest BCUT2D eigenvalue weighted by atomic mass is 10.1. The Morgan fingerprint density at radius 2 is 1.86 bits per heavy atom. The number of hydrogen-bond donors (Lipinski definition) is 2. The number of sulfonamides is 1. The molecule has 3 rings (SSSR count). The highest BCUT2D eigenvalue weighted by atomic mass is 35.5. The van der Waals surface area contributed by atoms with Crippen LogP contribution in [0, 0.1) is 0 Å². The summed E-state index contributed by atoms with van der Waals surface area (Å²) in [5, 5.41) is 8.57. The van der Waals surface area contributed by atoms with Crippen LogP contribution in [-0.4, -0.2) is 20.9 Å². The van der Waals surface area contributed by atoms with E-state index in [-0.39, 0.29) is 10.8 Å². The van der Waals surface area contributed by atoms with Crippen molar-refractivity contribution in [2.75, 3.05) is 6.54 Å². The summed E-state index contributed by atoms with van der Waals surface area (Å²) in [6.45, 7) is 0.441. The summed E-state index contributed by atoms with van der Waals surface area (Å²) < 4.78 is 22.5. The third kappa shape index (κ3) is 6.27. The van der Waals surface area contributed by atoms with Crippen LogP contribution < -0.4 is 10.5 Å². The number of nitrogens with two attached hydrogens (primary N) is 1. The minimum absolute atomic E-state index is 0.0707. The largest absolute Gasteiger partial charge is 0.352 e. The van der Waals surface area contributed by atoms with E-state index < -0.39 is 10.0 Å². The molecule has 8 heteroatoms. The van der Waals surface area contributed by atoms with Crippen molar-refractivity contribution in [2.24, 2.45) is 5.14 Å². The molecule has 0 atom stereocenters. The third-order valence-corrected chi connectivity index (χ3v) is 6.36. The van der Waals surface area contributed by atoms with Crippen LogP contribution in [0.2, 0.25) is 5.02 Å². The van der Waals surface area contributed by atoms with E-state index in [0.717, 1.165) is 20.9 Å². The zero-order valence-corrected chi connectivity index (χ0v) is 17.7. The maximum atomic E-state index is 12.0. The topological polar surface area (TPSA) is 89.3 Å². The molecule has 2 aromatic carbocycles. The number of hydrogen-bond acceptors (Lipinski definition) is 4. The smallest absolute Gasteiger partial charge is 0.244 e. The van der Waals surface area contributed by atoms with Crippen LogP contribution in [-0.2, 0) is 21.2 Å². The van der Waals surface area contributed by atoms with Gasteiger partial charge in [-0.1, -0.05) is 35.9 Å². The van der Waals surface area contributed by atoms with Crippen molar-refractivity contribution < 1.29 is 13.2 Å². The van der Waals surface area contributed by atoms with Gasteiger partial charge in [-0.2, -0.15) is 0 Å². The summed E-state index contributed by atoms with van der Waals surface area (Å²) in [4.78, 5) is 14.1. The van der Waals surface area contributed by atoms with Gasteiger partial charge in [0, 0.05) is 27.4 Å².